The molecule has 1 heterocycles. The molecule has 1 unspecified atom stereocenters. The number of carbonyl (C=O) groups excluding carboxylic acids is 1. The van der Waals surface area contributed by atoms with Crippen molar-refractivity contribution in [2.75, 3.05) is 0 Å². The lowest BCUT2D eigenvalue weighted by Gasteiger charge is -2.07. The van der Waals surface area contributed by atoms with Crippen LogP contribution in [0.5, 0.6) is 0 Å². The van der Waals surface area contributed by atoms with E-state index in [0.717, 1.165) is 10.9 Å². The fourth-order valence-electron chi connectivity index (χ4n) is 1.56. The summed E-state index contributed by atoms with van der Waals surface area (Å²) in [6, 6.07) is 8.80. The minimum Gasteiger partial charge on any atom is -0.321 e. The Kier molecular flexibility index (Phi) is 2.47. The lowest BCUT2D eigenvalue weighted by molar-refractivity contribution is 0.0969. The molecule has 76 valence electrons. The molecule has 2 aromatic rings. The highest BCUT2D eigenvalue weighted by atomic mass is 16.1. The van der Waals surface area contributed by atoms with Crippen LogP contribution in [0.2, 0.25) is 0 Å². The predicted molar refractivity (Wildman–Crippen MR) is 59.7 cm³/mol. The van der Waals surface area contributed by atoms with E-state index in [4.69, 9.17) is 5.73 Å². The molecule has 0 aliphatic rings. The molecule has 2 N–H and O–H groups in total. The lowest BCUT2D eigenvalue weighted by atomic mass is 10.0. The zero-order valence-corrected chi connectivity index (χ0v) is 8.47. The Morgan fingerprint density at radius 2 is 2.07 bits per heavy atom. The number of nitrogens with two attached hydrogens (primary N) is 1. The summed E-state index contributed by atoms with van der Waals surface area (Å²) in [5.41, 5.74) is 7.06. The van der Waals surface area contributed by atoms with Gasteiger partial charge in [-0.2, -0.15) is 0 Å². The fourth-order valence-corrected chi connectivity index (χ4v) is 1.56. The SMILES string of the molecule is CC(N)C(=O)c1ccnc2ccccc12. The molecule has 0 aliphatic carbocycles. The summed E-state index contributed by atoms with van der Waals surface area (Å²) in [5.74, 6) is -0.0476. The monoisotopic (exact) mass is 200 g/mol. The van der Waals surface area contributed by atoms with Crippen molar-refractivity contribution in [3.63, 3.8) is 0 Å². The number of pyridine rings is 1. The van der Waals surface area contributed by atoms with Crippen molar-refractivity contribution >= 4 is 16.7 Å². The summed E-state index contributed by atoms with van der Waals surface area (Å²) in [5, 5.41) is 0.863. The zero-order chi connectivity index (χ0) is 10.8. The smallest absolute Gasteiger partial charge is 0.179 e. The van der Waals surface area contributed by atoms with Gasteiger partial charge < -0.3 is 5.73 Å². The standard InChI is InChI=1S/C12H12N2O/c1-8(13)12(15)10-6-7-14-11-5-3-2-4-9(10)11/h2-8H,13H2,1H3. The molecule has 1 aromatic heterocycles. The van der Waals surface area contributed by atoms with Crippen LogP contribution in [-0.2, 0) is 0 Å². The van der Waals surface area contributed by atoms with Crippen LogP contribution in [0.3, 0.4) is 0 Å². The first-order valence-electron chi connectivity index (χ1n) is 4.83. The van der Waals surface area contributed by atoms with Gasteiger partial charge in [0, 0.05) is 17.1 Å². The molecule has 3 nitrogen and oxygen atoms in total. The van der Waals surface area contributed by atoms with Crippen molar-refractivity contribution < 1.29 is 4.79 Å². The van der Waals surface area contributed by atoms with Crippen molar-refractivity contribution in [2.45, 2.75) is 13.0 Å². The number of Topliss-reactive ketones (excluding diaryl/α,β-unsaturated/α-hetero) is 1. The van der Waals surface area contributed by atoms with E-state index < -0.39 is 6.04 Å². The number of ketones is 1. The Morgan fingerprint density at radius 1 is 1.33 bits per heavy atom. The highest BCUT2D eigenvalue weighted by Gasteiger charge is 2.13. The van der Waals surface area contributed by atoms with Gasteiger partial charge in [-0.05, 0) is 19.1 Å². The first-order valence-corrected chi connectivity index (χ1v) is 4.83. The number of hydrogen-bond donors (Lipinski definition) is 1. The van der Waals surface area contributed by atoms with E-state index in [2.05, 4.69) is 4.98 Å². The first kappa shape index (κ1) is 9.80. The molecular weight excluding hydrogens is 188 g/mol. The Bertz CT molecular complexity index is 500. The van der Waals surface area contributed by atoms with Crippen molar-refractivity contribution in [2.24, 2.45) is 5.73 Å². The highest BCUT2D eigenvalue weighted by molar-refractivity contribution is 6.09. The maximum absolute atomic E-state index is 11.8. The molecule has 3 heteroatoms. The molecule has 0 radical (unpaired) electrons. The lowest BCUT2D eigenvalue weighted by Crippen LogP contribution is -2.26. The topological polar surface area (TPSA) is 56.0 Å². The van der Waals surface area contributed by atoms with Gasteiger partial charge in [0.05, 0.1) is 11.6 Å². The fraction of sp³-hybridized carbons (Fsp3) is 0.167. The minimum absolute atomic E-state index is 0.0476. The molecule has 0 bridgehead atoms. The molecule has 0 amide bonds. The van der Waals surface area contributed by atoms with E-state index in [0.29, 0.717) is 5.56 Å². The van der Waals surface area contributed by atoms with E-state index >= 15 is 0 Å². The number of para-hydroxylation sites is 1. The Labute approximate surface area is 87.9 Å². The number of aromatic nitrogens is 1. The predicted octanol–water partition coefficient (Wildman–Crippen LogP) is 1.76. The van der Waals surface area contributed by atoms with Gasteiger partial charge in [-0.3, -0.25) is 9.78 Å². The van der Waals surface area contributed by atoms with Gasteiger partial charge in [-0.25, -0.2) is 0 Å². The Morgan fingerprint density at radius 3 is 2.80 bits per heavy atom. The van der Waals surface area contributed by atoms with Crippen molar-refractivity contribution in [3.05, 3.63) is 42.1 Å². The van der Waals surface area contributed by atoms with Gasteiger partial charge in [0.1, 0.15) is 0 Å². The van der Waals surface area contributed by atoms with Crippen LogP contribution < -0.4 is 5.73 Å². The molecule has 0 spiro atoms. The van der Waals surface area contributed by atoms with E-state index in [1.54, 1.807) is 19.2 Å². The number of hydrogen-bond acceptors (Lipinski definition) is 3. The summed E-state index contributed by atoms with van der Waals surface area (Å²) in [6.07, 6.45) is 1.64. The van der Waals surface area contributed by atoms with Gasteiger partial charge in [-0.1, -0.05) is 18.2 Å². The van der Waals surface area contributed by atoms with Gasteiger partial charge in [0.2, 0.25) is 0 Å². The van der Waals surface area contributed by atoms with Crippen LogP contribution in [-0.4, -0.2) is 16.8 Å². The number of benzene rings is 1. The summed E-state index contributed by atoms with van der Waals surface area (Å²) in [6.45, 7) is 1.69. The molecule has 0 saturated heterocycles. The number of fused-ring (bicyclic) bond motifs is 1. The molecule has 0 aliphatic heterocycles. The van der Waals surface area contributed by atoms with Gasteiger partial charge >= 0.3 is 0 Å². The molecule has 0 saturated carbocycles. The second-order valence-electron chi connectivity index (χ2n) is 3.53. The van der Waals surface area contributed by atoms with Gasteiger partial charge in [0.25, 0.3) is 0 Å². The molecule has 1 aromatic carbocycles. The second kappa shape index (κ2) is 3.79. The van der Waals surface area contributed by atoms with Crippen LogP contribution in [0.1, 0.15) is 17.3 Å². The largest absolute Gasteiger partial charge is 0.321 e. The van der Waals surface area contributed by atoms with E-state index in [1.807, 2.05) is 24.3 Å². The number of rotatable bonds is 2. The first-order chi connectivity index (χ1) is 7.20. The quantitative estimate of drug-likeness (QED) is 0.751. The van der Waals surface area contributed by atoms with E-state index in [1.165, 1.54) is 0 Å². The highest BCUT2D eigenvalue weighted by Crippen LogP contribution is 2.17. The summed E-state index contributed by atoms with van der Waals surface area (Å²) in [7, 11) is 0. The number of carbonyl (C=O) groups is 1. The third kappa shape index (κ3) is 1.74. The minimum atomic E-state index is -0.476. The molecule has 1 atom stereocenters. The van der Waals surface area contributed by atoms with Crippen molar-refractivity contribution in [3.8, 4) is 0 Å². The molecule has 15 heavy (non-hydrogen) atoms. The Balaban J connectivity index is 2.66. The number of nitrogens with zero attached hydrogens (tertiary/aromatic N) is 1. The van der Waals surface area contributed by atoms with Crippen LogP contribution in [0.25, 0.3) is 10.9 Å². The Hall–Kier alpha value is -1.74. The molecule has 0 fully saturated rings. The van der Waals surface area contributed by atoms with E-state index in [-0.39, 0.29) is 5.78 Å². The second-order valence-corrected chi connectivity index (χ2v) is 3.53. The normalized spacial score (nSPS) is 12.7. The molecular formula is C12H12N2O. The third-order valence-electron chi connectivity index (χ3n) is 2.33. The van der Waals surface area contributed by atoms with Crippen LogP contribution in [0.4, 0.5) is 0 Å². The maximum atomic E-state index is 11.8. The summed E-state index contributed by atoms with van der Waals surface area (Å²) >= 11 is 0. The van der Waals surface area contributed by atoms with Gasteiger partial charge in [-0.15, -0.1) is 0 Å². The molecule has 2 rings (SSSR count). The van der Waals surface area contributed by atoms with Gasteiger partial charge in [0.15, 0.2) is 5.78 Å². The summed E-state index contributed by atoms with van der Waals surface area (Å²) < 4.78 is 0. The van der Waals surface area contributed by atoms with Crippen LogP contribution in [0.15, 0.2) is 36.5 Å². The third-order valence-corrected chi connectivity index (χ3v) is 2.33. The maximum Gasteiger partial charge on any atom is 0.179 e. The summed E-state index contributed by atoms with van der Waals surface area (Å²) in [4.78, 5) is 16.0. The van der Waals surface area contributed by atoms with E-state index in [9.17, 15) is 4.79 Å². The van der Waals surface area contributed by atoms with Crippen molar-refractivity contribution in [1.29, 1.82) is 0 Å². The van der Waals surface area contributed by atoms with Crippen LogP contribution in [0, 0.1) is 0 Å². The average molecular weight is 200 g/mol. The van der Waals surface area contributed by atoms with Crippen molar-refractivity contribution in [1.82, 2.24) is 4.98 Å². The van der Waals surface area contributed by atoms with Crippen LogP contribution >= 0.6 is 0 Å². The average Bonchev–Trinajstić information content (AvgIpc) is 2.27. The zero-order valence-electron chi connectivity index (χ0n) is 8.47.